The van der Waals surface area contributed by atoms with E-state index in [1.165, 1.54) is 0 Å². The zero-order valence-corrected chi connectivity index (χ0v) is 9.38. The van der Waals surface area contributed by atoms with Gasteiger partial charge < -0.3 is 5.32 Å². The minimum Gasteiger partial charge on any atom is -0.347 e. The summed E-state index contributed by atoms with van der Waals surface area (Å²) in [5.74, 6) is 0.616. The summed E-state index contributed by atoms with van der Waals surface area (Å²) in [6, 6.07) is 5.87. The van der Waals surface area contributed by atoms with E-state index in [0.717, 1.165) is 16.9 Å². The quantitative estimate of drug-likeness (QED) is 0.710. The number of nitrogens with one attached hydrogen (secondary N) is 2. The average Bonchev–Trinajstić information content (AvgIpc) is 2.94. The first kappa shape index (κ1) is 9.83. The maximum atomic E-state index is 4.36. The maximum Gasteiger partial charge on any atom is 0.243 e. The molecule has 0 saturated carbocycles. The number of fused-ring (bicyclic) bond motifs is 1. The minimum atomic E-state index is 0.616. The number of hydrogen-bond acceptors (Lipinski definition) is 4. The molecule has 0 bridgehead atoms. The number of nitrogens with zero attached hydrogens (tertiary/aromatic N) is 4. The van der Waals surface area contributed by atoms with Crippen LogP contribution in [-0.4, -0.2) is 24.8 Å². The molecular weight excluding hydrogens is 216 g/mol. The molecule has 0 aliphatic rings. The summed E-state index contributed by atoms with van der Waals surface area (Å²) in [6.45, 7) is 2.66. The molecule has 0 atom stereocenters. The Hall–Kier alpha value is -2.37. The molecular formula is C11H12N6. The Labute approximate surface area is 97.7 Å². The van der Waals surface area contributed by atoms with Crippen molar-refractivity contribution >= 4 is 11.6 Å². The minimum absolute atomic E-state index is 0.616. The zero-order chi connectivity index (χ0) is 11.7. The molecule has 0 fully saturated rings. The summed E-state index contributed by atoms with van der Waals surface area (Å²) in [4.78, 5) is 4.36. The molecule has 86 valence electrons. The van der Waals surface area contributed by atoms with Crippen molar-refractivity contribution in [2.75, 3.05) is 5.32 Å². The fourth-order valence-corrected chi connectivity index (χ4v) is 1.62. The summed E-state index contributed by atoms with van der Waals surface area (Å²) in [5, 5.41) is 14.2. The van der Waals surface area contributed by atoms with Gasteiger partial charge in [0.2, 0.25) is 5.95 Å². The smallest absolute Gasteiger partial charge is 0.243 e. The third kappa shape index (κ3) is 1.96. The summed E-state index contributed by atoms with van der Waals surface area (Å²) in [5.41, 5.74) is 2.99. The van der Waals surface area contributed by atoms with Gasteiger partial charge in [-0.3, -0.25) is 5.10 Å². The highest BCUT2D eigenvalue weighted by Gasteiger charge is 2.03. The summed E-state index contributed by atoms with van der Waals surface area (Å²) < 4.78 is 1.77. The van der Waals surface area contributed by atoms with E-state index in [-0.39, 0.29) is 0 Å². The third-order valence-electron chi connectivity index (χ3n) is 2.47. The Morgan fingerprint density at radius 2 is 2.29 bits per heavy atom. The number of anilines is 1. The predicted octanol–water partition coefficient (Wildman–Crippen LogP) is 1.37. The van der Waals surface area contributed by atoms with E-state index in [0.29, 0.717) is 12.5 Å². The van der Waals surface area contributed by atoms with Crippen LogP contribution in [0.1, 0.15) is 11.3 Å². The highest BCUT2D eigenvalue weighted by Crippen LogP contribution is 2.07. The Morgan fingerprint density at radius 3 is 3.12 bits per heavy atom. The number of aryl methyl sites for hydroxylation is 1. The van der Waals surface area contributed by atoms with Crippen LogP contribution in [0.5, 0.6) is 0 Å². The first-order valence-corrected chi connectivity index (χ1v) is 5.36. The molecule has 3 aromatic rings. The van der Waals surface area contributed by atoms with Crippen LogP contribution in [0.4, 0.5) is 5.95 Å². The molecule has 6 nitrogen and oxygen atoms in total. The monoisotopic (exact) mass is 228 g/mol. The molecule has 0 spiro atoms. The predicted molar refractivity (Wildman–Crippen MR) is 63.6 cm³/mol. The first-order chi connectivity index (χ1) is 8.31. The van der Waals surface area contributed by atoms with Crippen molar-refractivity contribution in [3.05, 3.63) is 41.9 Å². The second kappa shape index (κ2) is 3.89. The maximum absolute atomic E-state index is 4.36. The van der Waals surface area contributed by atoms with Crippen LogP contribution in [0.25, 0.3) is 5.65 Å². The number of aromatic amines is 1. The van der Waals surface area contributed by atoms with Crippen molar-refractivity contribution in [1.29, 1.82) is 0 Å². The number of hydrogen-bond donors (Lipinski definition) is 2. The average molecular weight is 228 g/mol. The normalized spacial score (nSPS) is 10.9. The third-order valence-corrected chi connectivity index (χ3v) is 2.47. The molecule has 3 rings (SSSR count). The lowest BCUT2D eigenvalue weighted by Gasteiger charge is -1.96. The van der Waals surface area contributed by atoms with Crippen molar-refractivity contribution in [2.24, 2.45) is 0 Å². The van der Waals surface area contributed by atoms with Gasteiger partial charge in [-0.1, -0.05) is 6.07 Å². The summed E-state index contributed by atoms with van der Waals surface area (Å²) in [7, 11) is 0. The molecule has 3 aromatic heterocycles. The lowest BCUT2D eigenvalue weighted by atomic mass is 10.3. The number of H-pyrrole nitrogens is 1. The van der Waals surface area contributed by atoms with Gasteiger partial charge in [0.05, 0.1) is 12.2 Å². The van der Waals surface area contributed by atoms with Gasteiger partial charge in [-0.15, -0.1) is 5.10 Å². The first-order valence-electron chi connectivity index (χ1n) is 5.36. The Kier molecular flexibility index (Phi) is 2.25. The fraction of sp³-hybridized carbons (Fsp3) is 0.182. The molecule has 3 heterocycles. The Morgan fingerprint density at radius 1 is 1.35 bits per heavy atom. The van der Waals surface area contributed by atoms with Crippen molar-refractivity contribution in [1.82, 2.24) is 24.8 Å². The molecule has 0 amide bonds. The van der Waals surface area contributed by atoms with Gasteiger partial charge in [0.1, 0.15) is 0 Å². The van der Waals surface area contributed by atoms with Crippen LogP contribution in [0.2, 0.25) is 0 Å². The van der Waals surface area contributed by atoms with E-state index >= 15 is 0 Å². The molecule has 0 aromatic carbocycles. The van der Waals surface area contributed by atoms with Gasteiger partial charge in [-0.05, 0) is 24.6 Å². The Bertz CT molecular complexity index is 625. The van der Waals surface area contributed by atoms with Crippen LogP contribution < -0.4 is 5.32 Å². The summed E-state index contributed by atoms with van der Waals surface area (Å²) >= 11 is 0. The van der Waals surface area contributed by atoms with E-state index in [1.54, 1.807) is 10.7 Å². The van der Waals surface area contributed by atoms with E-state index in [1.807, 2.05) is 31.3 Å². The van der Waals surface area contributed by atoms with Gasteiger partial charge in [0.25, 0.3) is 0 Å². The van der Waals surface area contributed by atoms with Crippen molar-refractivity contribution in [3.8, 4) is 0 Å². The highest BCUT2D eigenvalue weighted by molar-refractivity contribution is 5.44. The van der Waals surface area contributed by atoms with Gasteiger partial charge in [0, 0.05) is 12.4 Å². The van der Waals surface area contributed by atoms with Crippen LogP contribution in [0.3, 0.4) is 0 Å². The SMILES string of the molecule is Cc1ccc2nc(NCc3ccn[nH]3)nn2c1. The van der Waals surface area contributed by atoms with E-state index in [9.17, 15) is 0 Å². The van der Waals surface area contributed by atoms with Gasteiger partial charge >= 0.3 is 0 Å². The molecule has 0 radical (unpaired) electrons. The van der Waals surface area contributed by atoms with Crippen LogP contribution in [0.15, 0.2) is 30.6 Å². The summed E-state index contributed by atoms with van der Waals surface area (Å²) in [6.07, 6.45) is 3.67. The highest BCUT2D eigenvalue weighted by atomic mass is 15.3. The molecule has 0 saturated heterocycles. The molecule has 6 heteroatoms. The zero-order valence-electron chi connectivity index (χ0n) is 9.38. The van der Waals surface area contributed by atoms with Crippen molar-refractivity contribution in [3.63, 3.8) is 0 Å². The van der Waals surface area contributed by atoms with Gasteiger partial charge in [-0.2, -0.15) is 10.1 Å². The topological polar surface area (TPSA) is 70.9 Å². The standard InChI is InChI=1S/C11H12N6/c1-8-2-3-10-14-11(16-17(10)7-8)12-6-9-4-5-13-15-9/h2-5,7H,6H2,1H3,(H,12,16)(H,13,15). The van der Waals surface area contributed by atoms with Crippen LogP contribution in [-0.2, 0) is 6.54 Å². The van der Waals surface area contributed by atoms with E-state index in [2.05, 4.69) is 25.6 Å². The van der Waals surface area contributed by atoms with Gasteiger partial charge in [0.15, 0.2) is 5.65 Å². The van der Waals surface area contributed by atoms with Crippen LogP contribution in [0, 0.1) is 6.92 Å². The second-order valence-electron chi connectivity index (χ2n) is 3.88. The molecule has 17 heavy (non-hydrogen) atoms. The Balaban J connectivity index is 1.81. The van der Waals surface area contributed by atoms with Crippen LogP contribution >= 0.6 is 0 Å². The van der Waals surface area contributed by atoms with Crippen molar-refractivity contribution in [2.45, 2.75) is 13.5 Å². The molecule has 0 aliphatic carbocycles. The number of rotatable bonds is 3. The van der Waals surface area contributed by atoms with E-state index < -0.39 is 0 Å². The fourth-order valence-electron chi connectivity index (χ4n) is 1.62. The molecule has 0 unspecified atom stereocenters. The number of pyridine rings is 1. The lowest BCUT2D eigenvalue weighted by molar-refractivity contribution is 0.927. The molecule has 0 aliphatic heterocycles. The largest absolute Gasteiger partial charge is 0.347 e. The lowest BCUT2D eigenvalue weighted by Crippen LogP contribution is -2.01. The van der Waals surface area contributed by atoms with Crippen molar-refractivity contribution < 1.29 is 0 Å². The number of aromatic nitrogens is 5. The van der Waals surface area contributed by atoms with E-state index in [4.69, 9.17) is 0 Å². The van der Waals surface area contributed by atoms with Gasteiger partial charge in [-0.25, -0.2) is 4.52 Å². The second-order valence-corrected chi connectivity index (χ2v) is 3.88. The molecule has 2 N–H and O–H groups in total.